The van der Waals surface area contributed by atoms with E-state index in [2.05, 4.69) is 15.4 Å². The van der Waals surface area contributed by atoms with Crippen molar-refractivity contribution in [3.63, 3.8) is 0 Å². The van der Waals surface area contributed by atoms with Crippen LogP contribution in [0.5, 0.6) is 0 Å². The monoisotopic (exact) mass is 442 g/mol. The van der Waals surface area contributed by atoms with Crippen LogP contribution in [0.4, 0.5) is 5.69 Å². The number of amides is 1. The largest absolute Gasteiger partial charge is 0.324 e. The minimum absolute atomic E-state index is 0.155. The number of nitrogens with one attached hydrogen (secondary N) is 1. The third-order valence-corrected chi connectivity index (χ3v) is 7.42. The van der Waals surface area contributed by atoms with E-state index in [0.717, 1.165) is 22.3 Å². The van der Waals surface area contributed by atoms with E-state index >= 15 is 0 Å². The SMILES string of the molecule is Cc1ccc(S(=O)(=O)N2CCN(CC(=O)Nc3cnc4c(c3)c(C)nn4C)CC2)cc1. The number of carbonyl (C=O) groups is 1. The molecule has 3 aromatic rings. The number of pyridine rings is 1. The number of aromatic nitrogens is 3. The minimum atomic E-state index is -3.51. The number of anilines is 1. The molecule has 2 aromatic heterocycles. The summed E-state index contributed by atoms with van der Waals surface area (Å²) in [6.45, 7) is 5.72. The number of sulfonamides is 1. The van der Waals surface area contributed by atoms with Crippen molar-refractivity contribution in [2.45, 2.75) is 18.7 Å². The van der Waals surface area contributed by atoms with Crippen molar-refractivity contribution in [1.82, 2.24) is 24.0 Å². The lowest BCUT2D eigenvalue weighted by Crippen LogP contribution is -2.50. The van der Waals surface area contributed by atoms with Gasteiger partial charge in [0, 0.05) is 38.6 Å². The van der Waals surface area contributed by atoms with E-state index in [9.17, 15) is 13.2 Å². The molecule has 164 valence electrons. The summed E-state index contributed by atoms with van der Waals surface area (Å²) in [6, 6.07) is 8.74. The predicted octanol–water partition coefficient (Wildman–Crippen LogP) is 1.53. The molecule has 0 radical (unpaired) electrons. The maximum absolute atomic E-state index is 12.8. The maximum atomic E-state index is 12.8. The lowest BCUT2D eigenvalue weighted by Gasteiger charge is -2.33. The van der Waals surface area contributed by atoms with Crippen LogP contribution >= 0.6 is 0 Å². The fraction of sp³-hybridized carbons (Fsp3) is 0.381. The lowest BCUT2D eigenvalue weighted by atomic mass is 10.2. The summed E-state index contributed by atoms with van der Waals surface area (Å²) in [7, 11) is -1.68. The molecule has 9 nitrogen and oxygen atoms in total. The molecule has 1 fully saturated rings. The van der Waals surface area contributed by atoms with Crippen molar-refractivity contribution < 1.29 is 13.2 Å². The summed E-state index contributed by atoms with van der Waals surface area (Å²) >= 11 is 0. The second kappa shape index (κ2) is 8.37. The molecule has 1 saturated heterocycles. The summed E-state index contributed by atoms with van der Waals surface area (Å²) in [5.74, 6) is -0.155. The van der Waals surface area contributed by atoms with Gasteiger partial charge in [0.05, 0.1) is 29.0 Å². The summed E-state index contributed by atoms with van der Waals surface area (Å²) < 4.78 is 28.8. The highest BCUT2D eigenvalue weighted by molar-refractivity contribution is 7.89. The first-order chi connectivity index (χ1) is 14.7. The molecular formula is C21H26N6O3S. The van der Waals surface area contributed by atoms with Crippen LogP contribution in [0.15, 0.2) is 41.4 Å². The topological polar surface area (TPSA) is 100 Å². The van der Waals surface area contributed by atoms with Crippen LogP contribution in [-0.4, -0.2) is 71.0 Å². The smallest absolute Gasteiger partial charge is 0.243 e. The third kappa shape index (κ3) is 4.46. The standard InChI is InChI=1S/C21H26N6O3S/c1-15-4-6-18(7-5-15)31(29,30)27-10-8-26(9-11-27)14-20(28)23-17-12-19-16(2)24-25(3)21(19)22-13-17/h4-7,12-13H,8-11,14H2,1-3H3,(H,23,28). The highest BCUT2D eigenvalue weighted by Crippen LogP contribution is 2.20. The van der Waals surface area contributed by atoms with Crippen molar-refractivity contribution in [3.8, 4) is 0 Å². The Balaban J connectivity index is 1.34. The number of hydrogen-bond acceptors (Lipinski definition) is 6. The normalized spacial score (nSPS) is 16.0. The van der Waals surface area contributed by atoms with E-state index in [1.807, 2.05) is 31.9 Å². The number of piperazine rings is 1. The fourth-order valence-corrected chi connectivity index (χ4v) is 5.19. The molecule has 4 rings (SSSR count). The Labute approximate surface area is 181 Å². The lowest BCUT2D eigenvalue weighted by molar-refractivity contribution is -0.117. The molecule has 0 bridgehead atoms. The summed E-state index contributed by atoms with van der Waals surface area (Å²) in [5, 5.41) is 8.11. The van der Waals surface area contributed by atoms with Gasteiger partial charge in [-0.05, 0) is 32.0 Å². The molecule has 0 atom stereocenters. The van der Waals surface area contributed by atoms with Crippen molar-refractivity contribution in [2.75, 3.05) is 38.0 Å². The Morgan fingerprint density at radius 1 is 1.10 bits per heavy atom. The molecule has 1 aromatic carbocycles. The molecule has 0 aliphatic carbocycles. The Bertz CT molecular complexity index is 1210. The van der Waals surface area contributed by atoms with Crippen LogP contribution in [0.3, 0.4) is 0 Å². The Hall–Kier alpha value is -2.82. The van der Waals surface area contributed by atoms with Gasteiger partial charge in [0.1, 0.15) is 0 Å². The van der Waals surface area contributed by atoms with Gasteiger partial charge in [-0.1, -0.05) is 17.7 Å². The molecule has 1 N–H and O–H groups in total. The summed E-state index contributed by atoms with van der Waals surface area (Å²) in [6.07, 6.45) is 1.62. The van der Waals surface area contributed by atoms with Crippen LogP contribution in [0, 0.1) is 13.8 Å². The van der Waals surface area contributed by atoms with Crippen molar-refractivity contribution in [1.29, 1.82) is 0 Å². The van der Waals surface area contributed by atoms with E-state index in [1.165, 1.54) is 4.31 Å². The molecule has 0 saturated carbocycles. The number of carbonyl (C=O) groups excluding carboxylic acids is 1. The molecular weight excluding hydrogens is 416 g/mol. The number of fused-ring (bicyclic) bond motifs is 1. The Morgan fingerprint density at radius 3 is 2.45 bits per heavy atom. The Morgan fingerprint density at radius 2 is 1.77 bits per heavy atom. The van der Waals surface area contributed by atoms with Gasteiger partial charge < -0.3 is 5.32 Å². The van der Waals surface area contributed by atoms with Gasteiger partial charge in [-0.25, -0.2) is 13.4 Å². The van der Waals surface area contributed by atoms with E-state index in [-0.39, 0.29) is 12.5 Å². The fourth-order valence-electron chi connectivity index (χ4n) is 3.77. The molecule has 1 amide bonds. The quantitative estimate of drug-likeness (QED) is 0.643. The molecule has 10 heteroatoms. The predicted molar refractivity (Wildman–Crippen MR) is 118 cm³/mol. The zero-order valence-corrected chi connectivity index (χ0v) is 18.7. The first-order valence-corrected chi connectivity index (χ1v) is 11.6. The number of benzene rings is 1. The minimum Gasteiger partial charge on any atom is -0.324 e. The van der Waals surface area contributed by atoms with Gasteiger partial charge in [-0.3, -0.25) is 14.4 Å². The average Bonchev–Trinajstić information content (AvgIpc) is 3.02. The molecule has 0 unspecified atom stereocenters. The first-order valence-electron chi connectivity index (χ1n) is 10.1. The van der Waals surface area contributed by atoms with Gasteiger partial charge in [0.2, 0.25) is 15.9 Å². The maximum Gasteiger partial charge on any atom is 0.243 e. The van der Waals surface area contributed by atoms with Crippen LogP contribution < -0.4 is 5.32 Å². The van der Waals surface area contributed by atoms with Crippen molar-refractivity contribution in [2.24, 2.45) is 7.05 Å². The Kier molecular flexibility index (Phi) is 5.78. The molecule has 31 heavy (non-hydrogen) atoms. The van der Waals surface area contributed by atoms with Gasteiger partial charge >= 0.3 is 0 Å². The number of aryl methyl sites for hydroxylation is 3. The van der Waals surface area contributed by atoms with Crippen LogP contribution in [0.1, 0.15) is 11.3 Å². The molecule has 0 spiro atoms. The van der Waals surface area contributed by atoms with E-state index in [0.29, 0.717) is 36.8 Å². The number of hydrogen-bond donors (Lipinski definition) is 1. The molecule has 1 aliphatic rings. The number of nitrogens with zero attached hydrogens (tertiary/aromatic N) is 5. The highest BCUT2D eigenvalue weighted by Gasteiger charge is 2.29. The van der Waals surface area contributed by atoms with Gasteiger partial charge in [0.25, 0.3) is 0 Å². The second-order valence-electron chi connectivity index (χ2n) is 7.85. The van der Waals surface area contributed by atoms with Crippen LogP contribution in [-0.2, 0) is 21.9 Å². The highest BCUT2D eigenvalue weighted by atomic mass is 32.2. The van der Waals surface area contributed by atoms with E-state index in [1.54, 1.807) is 35.1 Å². The van der Waals surface area contributed by atoms with Crippen molar-refractivity contribution >= 4 is 32.7 Å². The van der Waals surface area contributed by atoms with Gasteiger partial charge in [0.15, 0.2) is 5.65 Å². The van der Waals surface area contributed by atoms with Crippen LogP contribution in [0.2, 0.25) is 0 Å². The van der Waals surface area contributed by atoms with Crippen molar-refractivity contribution in [3.05, 3.63) is 47.8 Å². The second-order valence-corrected chi connectivity index (χ2v) is 9.78. The zero-order chi connectivity index (χ0) is 22.2. The average molecular weight is 443 g/mol. The summed E-state index contributed by atoms with van der Waals surface area (Å²) in [4.78, 5) is 19.1. The number of rotatable bonds is 5. The van der Waals surface area contributed by atoms with Crippen LogP contribution in [0.25, 0.3) is 11.0 Å². The first kappa shape index (κ1) is 21.4. The van der Waals surface area contributed by atoms with Gasteiger partial charge in [-0.15, -0.1) is 0 Å². The van der Waals surface area contributed by atoms with E-state index < -0.39 is 10.0 Å². The molecule has 3 heterocycles. The van der Waals surface area contributed by atoms with E-state index in [4.69, 9.17) is 0 Å². The zero-order valence-electron chi connectivity index (χ0n) is 17.9. The summed E-state index contributed by atoms with van der Waals surface area (Å²) in [5.41, 5.74) is 3.26. The third-order valence-electron chi connectivity index (χ3n) is 5.50. The molecule has 1 aliphatic heterocycles. The van der Waals surface area contributed by atoms with Gasteiger partial charge in [-0.2, -0.15) is 9.40 Å².